The number of fused-ring (bicyclic) bond motifs is 2. The Kier molecular flexibility index (Phi) is 14.0. The van der Waals surface area contributed by atoms with Gasteiger partial charge in [0, 0.05) is 48.6 Å². The number of methoxy groups -OCH3 is 2. The second-order valence-electron chi connectivity index (χ2n) is 10.3. The number of ether oxygens (including phenoxy) is 2. The number of carbonyl (C=O) groups is 2. The van der Waals surface area contributed by atoms with Crippen molar-refractivity contribution < 1.29 is 24.2 Å². The molecule has 51 heavy (non-hydrogen) atoms. The maximum atomic E-state index is 12.3. The Hall–Kier alpha value is -6.30. The molecule has 4 aromatic heterocycles. The van der Waals surface area contributed by atoms with Gasteiger partial charge >= 0.3 is 5.97 Å². The second kappa shape index (κ2) is 19.0. The van der Waals surface area contributed by atoms with Gasteiger partial charge in [-0.2, -0.15) is 0 Å². The summed E-state index contributed by atoms with van der Waals surface area (Å²) in [7, 11) is 3.26. The number of nitrogens with two attached hydrogens (primary N) is 1. The Bertz CT molecular complexity index is 2100. The predicted octanol–water partition coefficient (Wildman–Crippen LogP) is 3.67. The molecule has 0 aliphatic heterocycles. The molecule has 264 valence electrons. The van der Waals surface area contributed by atoms with Crippen LogP contribution in [0.1, 0.15) is 31.8 Å². The number of carboxylic acids is 1. The van der Waals surface area contributed by atoms with E-state index in [-0.39, 0.29) is 11.5 Å². The number of amides is 1. The molecule has 0 bridgehead atoms. The van der Waals surface area contributed by atoms with Crippen LogP contribution >= 0.6 is 24.4 Å². The van der Waals surface area contributed by atoms with Crippen LogP contribution in [-0.4, -0.2) is 61.4 Å². The van der Waals surface area contributed by atoms with Crippen molar-refractivity contribution in [1.82, 2.24) is 46.8 Å². The van der Waals surface area contributed by atoms with Crippen LogP contribution in [-0.2, 0) is 13.1 Å². The number of benzene rings is 2. The summed E-state index contributed by atoms with van der Waals surface area (Å²) in [5.41, 5.74) is 11.7. The van der Waals surface area contributed by atoms with Crippen molar-refractivity contribution in [3.05, 3.63) is 120 Å². The van der Waals surface area contributed by atoms with Gasteiger partial charge in [0.2, 0.25) is 0 Å². The van der Waals surface area contributed by atoms with E-state index in [9.17, 15) is 9.59 Å². The molecule has 0 aliphatic carbocycles. The third-order valence-electron chi connectivity index (χ3n) is 6.97. The molecule has 0 radical (unpaired) electrons. The Balaban J connectivity index is 0.000000189. The predicted molar refractivity (Wildman–Crippen MR) is 202 cm³/mol. The number of hydrazine groups is 2. The van der Waals surface area contributed by atoms with Crippen LogP contribution in [0.4, 0.5) is 0 Å². The molecule has 0 spiro atoms. The first kappa shape index (κ1) is 37.5. The minimum atomic E-state index is -0.936. The van der Waals surface area contributed by atoms with E-state index in [4.69, 9.17) is 44.9 Å². The summed E-state index contributed by atoms with van der Waals surface area (Å²) in [5.74, 6) is 5.48. The molecular formula is C34H36N10O5S2. The largest absolute Gasteiger partial charge is 0.497 e. The lowest BCUT2D eigenvalue weighted by molar-refractivity contribution is 0.0698. The van der Waals surface area contributed by atoms with E-state index in [1.165, 1.54) is 6.20 Å². The van der Waals surface area contributed by atoms with Gasteiger partial charge in [-0.3, -0.25) is 15.6 Å². The molecule has 2 aromatic carbocycles. The zero-order chi connectivity index (χ0) is 36.6. The van der Waals surface area contributed by atoms with E-state index >= 15 is 0 Å². The SMILES string of the molecule is COc1cccc(CNC(=S)NN)c1.COc1cccc(CNC(=S)NNC(=O)c2c[nH]c3ncccc23)c1.O=C(O)c1c[nH]c2ncccc12. The summed E-state index contributed by atoms with van der Waals surface area (Å²) in [4.78, 5) is 36.7. The highest BCUT2D eigenvalue weighted by molar-refractivity contribution is 7.80. The molecule has 0 saturated carbocycles. The van der Waals surface area contributed by atoms with Gasteiger partial charge in [0.05, 0.1) is 25.3 Å². The number of thiocarbonyl (C=S) groups is 2. The standard InChI is InChI=1S/C17H17N5O2S.C9H13N3OS.C8H6N2O2/c1-24-12-5-2-4-11(8-12)9-20-17(25)22-21-16(23)14-10-19-15-13(14)6-3-7-18-15;1-13-8-4-2-3-7(5-8)6-11-9(14)12-10;11-8(12)6-4-10-7-5(6)2-1-3-9-7/h2-8,10H,9H2,1H3,(H,18,19)(H,21,23)(H2,20,22,25);2-5H,6,10H2,1H3,(H2,11,12,14);1-4H,(H,9,10)(H,11,12). The summed E-state index contributed by atoms with van der Waals surface area (Å²) in [5, 5.41) is 16.8. The van der Waals surface area contributed by atoms with E-state index in [1.807, 2.05) is 54.6 Å². The lowest BCUT2D eigenvalue weighted by atomic mass is 10.2. The van der Waals surface area contributed by atoms with Gasteiger partial charge in [0.25, 0.3) is 5.91 Å². The third kappa shape index (κ3) is 11.1. The van der Waals surface area contributed by atoms with Crippen LogP contribution < -0.4 is 42.2 Å². The highest BCUT2D eigenvalue weighted by Gasteiger charge is 2.12. The van der Waals surface area contributed by atoms with Crippen LogP contribution in [0, 0.1) is 0 Å². The smallest absolute Gasteiger partial charge is 0.337 e. The molecule has 0 unspecified atom stereocenters. The van der Waals surface area contributed by atoms with Gasteiger partial charge in [-0.05, 0) is 84.1 Å². The van der Waals surface area contributed by atoms with Crippen molar-refractivity contribution in [3.8, 4) is 11.5 Å². The summed E-state index contributed by atoms with van der Waals surface area (Å²) < 4.78 is 10.3. The Labute approximate surface area is 303 Å². The lowest BCUT2D eigenvalue weighted by Gasteiger charge is -2.12. The van der Waals surface area contributed by atoms with Crippen LogP contribution in [0.5, 0.6) is 11.5 Å². The van der Waals surface area contributed by atoms with Crippen molar-refractivity contribution >= 4 is 68.6 Å². The Morgan fingerprint density at radius 2 is 1.25 bits per heavy atom. The van der Waals surface area contributed by atoms with Crippen LogP contribution in [0.15, 0.2) is 97.6 Å². The topological polar surface area (TPSA) is 216 Å². The third-order valence-corrected chi connectivity index (χ3v) is 7.48. The minimum absolute atomic E-state index is 0.262. The minimum Gasteiger partial charge on any atom is -0.497 e. The summed E-state index contributed by atoms with van der Waals surface area (Å²) >= 11 is 10.0. The van der Waals surface area contributed by atoms with Gasteiger partial charge < -0.3 is 40.6 Å². The fourth-order valence-electron chi connectivity index (χ4n) is 4.48. The van der Waals surface area contributed by atoms with Crippen molar-refractivity contribution in [2.24, 2.45) is 5.84 Å². The zero-order valence-corrected chi connectivity index (χ0v) is 29.2. The van der Waals surface area contributed by atoms with Crippen molar-refractivity contribution in [1.29, 1.82) is 0 Å². The maximum Gasteiger partial charge on any atom is 0.337 e. The van der Waals surface area contributed by atoms with E-state index in [0.717, 1.165) is 28.0 Å². The average molecular weight is 729 g/mol. The average Bonchev–Trinajstić information content (AvgIpc) is 3.81. The number of H-pyrrole nitrogens is 2. The molecule has 15 nitrogen and oxygen atoms in total. The highest BCUT2D eigenvalue weighted by Crippen LogP contribution is 2.16. The molecule has 4 heterocycles. The monoisotopic (exact) mass is 728 g/mol. The van der Waals surface area contributed by atoms with Gasteiger partial charge in [0.15, 0.2) is 10.2 Å². The normalized spacial score (nSPS) is 10.0. The number of carbonyl (C=O) groups excluding carboxylic acids is 1. The molecule has 6 aromatic rings. The van der Waals surface area contributed by atoms with Gasteiger partial charge in [0.1, 0.15) is 22.8 Å². The van der Waals surface area contributed by atoms with E-state index in [2.05, 4.69) is 46.8 Å². The molecule has 0 aliphatic rings. The molecule has 0 atom stereocenters. The number of rotatable bonds is 8. The van der Waals surface area contributed by atoms with E-state index in [0.29, 0.717) is 45.6 Å². The first-order valence-electron chi connectivity index (χ1n) is 15.1. The molecule has 6 rings (SSSR count). The molecule has 0 saturated heterocycles. The zero-order valence-electron chi connectivity index (χ0n) is 27.5. The van der Waals surface area contributed by atoms with Gasteiger partial charge in [-0.25, -0.2) is 20.6 Å². The molecule has 17 heteroatoms. The summed E-state index contributed by atoms with van der Waals surface area (Å²) in [6.45, 7) is 1.14. The van der Waals surface area contributed by atoms with Crippen molar-refractivity contribution in [2.75, 3.05) is 14.2 Å². The number of nitrogens with one attached hydrogen (secondary N) is 7. The van der Waals surface area contributed by atoms with E-state index in [1.54, 1.807) is 51.0 Å². The first-order valence-corrected chi connectivity index (χ1v) is 16.0. The number of nitrogens with zero attached hydrogens (tertiary/aromatic N) is 2. The van der Waals surface area contributed by atoms with E-state index < -0.39 is 5.97 Å². The Morgan fingerprint density at radius 3 is 1.76 bits per heavy atom. The lowest BCUT2D eigenvalue weighted by Crippen LogP contribution is -2.46. The number of carboxylic acid groups (broad SMARTS) is 1. The highest BCUT2D eigenvalue weighted by atomic mass is 32.1. The molecule has 1 amide bonds. The fourth-order valence-corrected chi connectivity index (χ4v) is 4.68. The number of pyridine rings is 2. The first-order chi connectivity index (χ1) is 24.7. The summed E-state index contributed by atoms with van der Waals surface area (Å²) in [6.07, 6.45) is 6.34. The number of aromatic carboxylic acids is 1. The fraction of sp³-hybridized carbons (Fsp3) is 0.118. The Morgan fingerprint density at radius 1 is 0.745 bits per heavy atom. The number of hydrogen-bond donors (Lipinski definition) is 9. The quantitative estimate of drug-likeness (QED) is 0.0621. The van der Waals surface area contributed by atoms with Crippen molar-refractivity contribution in [2.45, 2.75) is 13.1 Å². The van der Waals surface area contributed by atoms with Crippen LogP contribution in [0.3, 0.4) is 0 Å². The number of aromatic amines is 2. The number of hydrogen-bond acceptors (Lipinski definition) is 9. The number of aromatic nitrogens is 4. The molecule has 10 N–H and O–H groups in total. The van der Waals surface area contributed by atoms with Gasteiger partial charge in [-0.15, -0.1) is 0 Å². The van der Waals surface area contributed by atoms with Crippen LogP contribution in [0.2, 0.25) is 0 Å². The van der Waals surface area contributed by atoms with Crippen LogP contribution in [0.25, 0.3) is 22.1 Å². The molecule has 0 fully saturated rings. The van der Waals surface area contributed by atoms with Crippen molar-refractivity contribution in [3.63, 3.8) is 0 Å². The summed E-state index contributed by atoms with van der Waals surface area (Å²) in [6, 6.07) is 22.4. The second-order valence-corrected chi connectivity index (χ2v) is 11.1. The maximum absolute atomic E-state index is 12.3. The molecular weight excluding hydrogens is 693 g/mol. The van der Waals surface area contributed by atoms with Gasteiger partial charge in [-0.1, -0.05) is 24.3 Å².